The molecule has 0 spiro atoms. The Balaban J connectivity index is 1.15. The van der Waals surface area contributed by atoms with E-state index >= 15 is 0 Å². The zero-order valence-electron chi connectivity index (χ0n) is 24.0. The summed E-state index contributed by atoms with van der Waals surface area (Å²) in [4.78, 5) is 4.98. The molecule has 1 atom stereocenters. The van der Waals surface area contributed by atoms with Gasteiger partial charge in [0.05, 0.1) is 37.1 Å². The molecular formula is C34H41ClN4O2. The van der Waals surface area contributed by atoms with E-state index in [1.807, 2.05) is 16.8 Å². The van der Waals surface area contributed by atoms with Crippen LogP contribution in [0.3, 0.4) is 0 Å². The van der Waals surface area contributed by atoms with Gasteiger partial charge in [-0.3, -0.25) is 9.58 Å². The normalized spacial score (nSPS) is 17.6. The van der Waals surface area contributed by atoms with Crippen LogP contribution in [-0.2, 0) is 11.2 Å². The van der Waals surface area contributed by atoms with Gasteiger partial charge < -0.3 is 20.2 Å². The second kappa shape index (κ2) is 12.8. The van der Waals surface area contributed by atoms with Crippen molar-refractivity contribution < 1.29 is 9.47 Å². The maximum absolute atomic E-state index is 6.80. The number of aryl methyl sites for hydroxylation is 1. The minimum Gasteiger partial charge on any atom is -0.494 e. The molecule has 1 aromatic heterocycles. The number of morpholine rings is 1. The molecule has 4 aromatic rings. The van der Waals surface area contributed by atoms with Crippen LogP contribution in [0.1, 0.15) is 54.1 Å². The van der Waals surface area contributed by atoms with Crippen LogP contribution < -0.4 is 15.5 Å². The monoisotopic (exact) mass is 572 g/mol. The van der Waals surface area contributed by atoms with Gasteiger partial charge in [0, 0.05) is 35.7 Å². The van der Waals surface area contributed by atoms with Crippen molar-refractivity contribution in [2.24, 2.45) is 0 Å². The summed E-state index contributed by atoms with van der Waals surface area (Å²) in [5.74, 6) is 7.72. The molecule has 3 heterocycles. The van der Waals surface area contributed by atoms with Crippen LogP contribution in [0.25, 0.3) is 10.9 Å². The van der Waals surface area contributed by atoms with E-state index in [9.17, 15) is 0 Å². The lowest BCUT2D eigenvalue weighted by Gasteiger charge is -2.38. The second-order valence-electron chi connectivity index (χ2n) is 11.4. The van der Waals surface area contributed by atoms with Gasteiger partial charge in [0.2, 0.25) is 0 Å². The van der Waals surface area contributed by atoms with E-state index in [0.29, 0.717) is 0 Å². The Kier molecular flexibility index (Phi) is 8.70. The molecule has 216 valence electrons. The second-order valence-corrected chi connectivity index (χ2v) is 11.8. The number of hydrogen-bond donors (Lipinski definition) is 1. The van der Waals surface area contributed by atoms with Crippen LogP contribution >= 0.6 is 11.6 Å². The van der Waals surface area contributed by atoms with Crippen molar-refractivity contribution in [3.05, 3.63) is 94.1 Å². The van der Waals surface area contributed by atoms with Crippen molar-refractivity contribution in [1.82, 2.24) is 9.58 Å². The average molecular weight is 573 g/mol. The van der Waals surface area contributed by atoms with Crippen molar-refractivity contribution in [2.75, 3.05) is 56.7 Å². The first-order valence-electron chi connectivity index (χ1n) is 15.0. The SMILES string of the molecule is Cc1ccc(N2CCc3c(n(N)c4ccc(Cl)cc34)C2c2ccc(OCCCCCCN3CCOCC3)cc2)cc1. The smallest absolute Gasteiger partial charge is 0.119 e. The van der Waals surface area contributed by atoms with Gasteiger partial charge in [-0.1, -0.05) is 54.3 Å². The average Bonchev–Trinajstić information content (AvgIpc) is 3.28. The number of ether oxygens (including phenoxy) is 2. The van der Waals surface area contributed by atoms with Gasteiger partial charge in [-0.25, -0.2) is 0 Å². The van der Waals surface area contributed by atoms with Gasteiger partial charge in [0.15, 0.2) is 0 Å². The molecule has 0 bridgehead atoms. The molecule has 0 aliphatic carbocycles. The minimum atomic E-state index is -0.0156. The topological polar surface area (TPSA) is 55.9 Å². The molecule has 2 aliphatic heterocycles. The minimum absolute atomic E-state index is 0.0156. The number of anilines is 1. The van der Waals surface area contributed by atoms with Crippen molar-refractivity contribution in [3.63, 3.8) is 0 Å². The Labute approximate surface area is 248 Å². The van der Waals surface area contributed by atoms with Crippen LogP contribution in [0.15, 0.2) is 66.7 Å². The molecule has 3 aromatic carbocycles. The Morgan fingerprint density at radius 2 is 1.66 bits per heavy atom. The molecule has 2 N–H and O–H groups in total. The summed E-state index contributed by atoms with van der Waals surface area (Å²) >= 11 is 6.41. The summed E-state index contributed by atoms with van der Waals surface area (Å²) in [6.07, 6.45) is 5.68. The number of hydrogen-bond acceptors (Lipinski definition) is 5. The van der Waals surface area contributed by atoms with E-state index in [0.717, 1.165) is 79.7 Å². The van der Waals surface area contributed by atoms with E-state index in [1.165, 1.54) is 48.2 Å². The predicted octanol–water partition coefficient (Wildman–Crippen LogP) is 6.74. The van der Waals surface area contributed by atoms with E-state index in [-0.39, 0.29) is 6.04 Å². The highest BCUT2D eigenvalue weighted by Crippen LogP contribution is 2.42. The number of nitrogens with zero attached hydrogens (tertiary/aromatic N) is 3. The summed E-state index contributed by atoms with van der Waals surface area (Å²) in [5.41, 5.74) is 7.07. The standard InChI is InChI=1S/C34H41ClN4O2/c1-25-6-11-28(12-7-25)38-18-16-30-31-24-27(35)10-15-32(31)39(36)34(30)33(38)26-8-13-29(14-9-26)41-21-5-3-2-4-17-37-19-22-40-23-20-37/h6-15,24,33H,2-5,16-23,36H2,1H3. The number of rotatable bonds is 10. The quantitative estimate of drug-likeness (QED) is 0.168. The lowest BCUT2D eigenvalue weighted by atomic mass is 9.91. The largest absolute Gasteiger partial charge is 0.494 e. The summed E-state index contributed by atoms with van der Waals surface area (Å²) in [6.45, 7) is 8.86. The number of nitrogen functional groups attached to an aromatic ring is 1. The van der Waals surface area contributed by atoms with E-state index < -0.39 is 0 Å². The number of fused-ring (bicyclic) bond motifs is 3. The van der Waals surface area contributed by atoms with Gasteiger partial charge in [-0.2, -0.15) is 0 Å². The predicted molar refractivity (Wildman–Crippen MR) is 169 cm³/mol. The molecule has 1 fully saturated rings. The molecule has 6 rings (SSSR count). The van der Waals surface area contributed by atoms with Crippen LogP contribution in [0, 0.1) is 6.92 Å². The van der Waals surface area contributed by atoms with Crippen LogP contribution in [-0.4, -0.2) is 55.6 Å². The van der Waals surface area contributed by atoms with Gasteiger partial charge in [0.1, 0.15) is 5.75 Å². The summed E-state index contributed by atoms with van der Waals surface area (Å²) in [7, 11) is 0. The first-order valence-corrected chi connectivity index (χ1v) is 15.4. The van der Waals surface area contributed by atoms with Gasteiger partial charge >= 0.3 is 0 Å². The maximum Gasteiger partial charge on any atom is 0.119 e. The molecule has 7 heteroatoms. The first kappa shape index (κ1) is 28.0. The molecule has 1 unspecified atom stereocenters. The number of aromatic nitrogens is 1. The Bertz CT molecular complexity index is 1440. The molecule has 1 saturated heterocycles. The van der Waals surface area contributed by atoms with Crippen molar-refractivity contribution in [3.8, 4) is 5.75 Å². The zero-order valence-corrected chi connectivity index (χ0v) is 24.8. The Morgan fingerprint density at radius 3 is 2.44 bits per heavy atom. The van der Waals surface area contributed by atoms with E-state index in [2.05, 4.69) is 71.3 Å². The van der Waals surface area contributed by atoms with Crippen molar-refractivity contribution >= 4 is 28.2 Å². The van der Waals surface area contributed by atoms with Crippen LogP contribution in [0.5, 0.6) is 5.75 Å². The molecule has 6 nitrogen and oxygen atoms in total. The third kappa shape index (κ3) is 6.20. The molecule has 41 heavy (non-hydrogen) atoms. The fourth-order valence-electron chi connectivity index (χ4n) is 6.35. The highest BCUT2D eigenvalue weighted by atomic mass is 35.5. The number of unbranched alkanes of at least 4 members (excludes halogenated alkanes) is 3. The Morgan fingerprint density at radius 1 is 0.902 bits per heavy atom. The summed E-state index contributed by atoms with van der Waals surface area (Å²) < 4.78 is 13.4. The van der Waals surface area contributed by atoms with Crippen molar-refractivity contribution in [1.29, 1.82) is 0 Å². The van der Waals surface area contributed by atoms with Crippen LogP contribution in [0.4, 0.5) is 5.69 Å². The number of nitrogens with two attached hydrogens (primary N) is 1. The zero-order chi connectivity index (χ0) is 28.2. The third-order valence-corrected chi connectivity index (χ3v) is 8.82. The number of benzene rings is 3. The molecule has 0 amide bonds. The molecule has 0 radical (unpaired) electrons. The highest BCUT2D eigenvalue weighted by Gasteiger charge is 2.34. The van der Waals surface area contributed by atoms with Crippen LogP contribution in [0.2, 0.25) is 5.02 Å². The lowest BCUT2D eigenvalue weighted by molar-refractivity contribution is 0.0371. The fourth-order valence-corrected chi connectivity index (χ4v) is 6.52. The van der Waals surface area contributed by atoms with E-state index in [4.69, 9.17) is 26.9 Å². The summed E-state index contributed by atoms with van der Waals surface area (Å²) in [6, 6.07) is 23.4. The third-order valence-electron chi connectivity index (χ3n) is 8.59. The first-order chi connectivity index (χ1) is 20.1. The van der Waals surface area contributed by atoms with Gasteiger partial charge in [-0.05, 0) is 86.3 Å². The van der Waals surface area contributed by atoms with Gasteiger partial charge in [0.25, 0.3) is 0 Å². The lowest BCUT2D eigenvalue weighted by Crippen LogP contribution is -2.38. The molecule has 0 saturated carbocycles. The van der Waals surface area contributed by atoms with Crippen molar-refractivity contribution in [2.45, 2.75) is 45.1 Å². The van der Waals surface area contributed by atoms with Gasteiger partial charge in [-0.15, -0.1) is 0 Å². The Hall–Kier alpha value is -3.19. The molecule has 2 aliphatic rings. The molecular weight excluding hydrogens is 532 g/mol. The fraction of sp³-hybridized carbons (Fsp3) is 0.412. The highest BCUT2D eigenvalue weighted by molar-refractivity contribution is 6.31. The van der Waals surface area contributed by atoms with E-state index in [1.54, 1.807) is 0 Å². The summed E-state index contributed by atoms with van der Waals surface area (Å²) in [5, 5.41) is 1.88. The maximum atomic E-state index is 6.80. The number of halogens is 1.